The smallest absolute Gasteiger partial charge is 0.105 e. The van der Waals surface area contributed by atoms with Crippen molar-refractivity contribution < 1.29 is 0 Å². The van der Waals surface area contributed by atoms with Crippen molar-refractivity contribution in [2.24, 2.45) is 0 Å². The highest BCUT2D eigenvalue weighted by Gasteiger charge is 2.28. The Hall–Kier alpha value is -6.48. The second-order valence-electron chi connectivity index (χ2n) is 14.1. The number of nitrogens with one attached hydrogen (secondary N) is 2. The fourth-order valence-electron chi connectivity index (χ4n) is 8.97. The van der Waals surface area contributed by atoms with Gasteiger partial charge in [0.05, 0.1) is 6.04 Å². The van der Waals surface area contributed by atoms with E-state index in [1.165, 1.54) is 92.1 Å². The van der Waals surface area contributed by atoms with Crippen LogP contribution in [0.25, 0.3) is 81.1 Å². The van der Waals surface area contributed by atoms with Crippen molar-refractivity contribution >= 4 is 81.1 Å². The van der Waals surface area contributed by atoms with Crippen LogP contribution in [0, 0.1) is 0 Å². The highest BCUT2D eigenvalue weighted by atomic mass is 15.2. The van der Waals surface area contributed by atoms with Gasteiger partial charge in [-0.15, -0.1) is 0 Å². The van der Waals surface area contributed by atoms with E-state index in [0.29, 0.717) is 0 Å². The average molecular weight is 663 g/mol. The molecular formula is C50H34N2. The van der Waals surface area contributed by atoms with Crippen molar-refractivity contribution in [1.82, 2.24) is 10.6 Å². The lowest BCUT2D eigenvalue weighted by atomic mass is 9.87. The van der Waals surface area contributed by atoms with Crippen molar-refractivity contribution in [3.63, 3.8) is 0 Å². The Morgan fingerprint density at radius 3 is 1.67 bits per heavy atom. The van der Waals surface area contributed by atoms with Gasteiger partial charge in [-0.3, -0.25) is 5.32 Å². The summed E-state index contributed by atoms with van der Waals surface area (Å²) in [6.45, 7) is 0. The summed E-state index contributed by atoms with van der Waals surface area (Å²) in [6.07, 6.45) is 2.23. The Morgan fingerprint density at radius 1 is 0.365 bits per heavy atom. The fraction of sp³-hybridized carbons (Fsp3) is 0.0400. The van der Waals surface area contributed by atoms with Crippen LogP contribution in [0.1, 0.15) is 28.9 Å². The third-order valence-electron chi connectivity index (χ3n) is 11.3. The average Bonchev–Trinajstić information content (AvgIpc) is 3.22. The molecule has 2 unspecified atom stereocenters. The van der Waals surface area contributed by atoms with Crippen LogP contribution in [0.4, 0.5) is 0 Å². The van der Waals surface area contributed by atoms with Crippen molar-refractivity contribution in [2.45, 2.75) is 12.2 Å². The molecule has 0 bridgehead atoms. The Morgan fingerprint density at radius 2 is 0.923 bits per heavy atom. The van der Waals surface area contributed by atoms with E-state index in [2.05, 4.69) is 193 Å². The van der Waals surface area contributed by atoms with Gasteiger partial charge < -0.3 is 5.32 Å². The van der Waals surface area contributed by atoms with Gasteiger partial charge in [-0.05, 0) is 99.2 Å². The summed E-state index contributed by atoms with van der Waals surface area (Å²) < 4.78 is 0. The van der Waals surface area contributed by atoms with Crippen molar-refractivity contribution in [1.29, 1.82) is 0 Å². The highest BCUT2D eigenvalue weighted by Crippen LogP contribution is 2.44. The zero-order chi connectivity index (χ0) is 34.2. The Bertz CT molecular complexity index is 3090. The van der Waals surface area contributed by atoms with Gasteiger partial charge in [0.2, 0.25) is 0 Å². The maximum absolute atomic E-state index is 4.11. The van der Waals surface area contributed by atoms with Crippen molar-refractivity contribution in [2.75, 3.05) is 0 Å². The molecule has 2 atom stereocenters. The first-order valence-electron chi connectivity index (χ1n) is 18.2. The summed E-state index contributed by atoms with van der Waals surface area (Å²) in [5.74, 6) is 0. The minimum Gasteiger partial charge on any atom is -0.366 e. The Balaban J connectivity index is 1.21. The van der Waals surface area contributed by atoms with E-state index < -0.39 is 0 Å². The molecule has 2 heteroatoms. The minimum absolute atomic E-state index is 0.0141. The lowest BCUT2D eigenvalue weighted by molar-refractivity contribution is 0.447. The van der Waals surface area contributed by atoms with Gasteiger partial charge >= 0.3 is 0 Å². The molecule has 11 rings (SSSR count). The summed E-state index contributed by atoms with van der Waals surface area (Å²) >= 11 is 0. The SMILES string of the molecule is C1=C(c2cc3c4ccccc4c4ccccc4c3c3ccccc23)NC(c2c3ccccc3cc3c2ccc2ccccc23)NC1c1ccccc1. The molecule has 244 valence electrons. The first-order chi connectivity index (χ1) is 25.8. The monoisotopic (exact) mass is 662 g/mol. The summed E-state index contributed by atoms with van der Waals surface area (Å²) in [5, 5.41) is 26.0. The molecule has 0 fully saturated rings. The van der Waals surface area contributed by atoms with Crippen LogP contribution in [0.3, 0.4) is 0 Å². The summed E-state index contributed by atoms with van der Waals surface area (Å²) in [7, 11) is 0. The van der Waals surface area contributed by atoms with Gasteiger partial charge in [0.25, 0.3) is 0 Å². The Kier molecular flexibility index (Phi) is 6.49. The molecule has 10 aromatic carbocycles. The number of hydrogen-bond donors (Lipinski definition) is 2. The lowest BCUT2D eigenvalue weighted by Gasteiger charge is -2.35. The summed E-state index contributed by atoms with van der Waals surface area (Å²) in [4.78, 5) is 0. The fourth-order valence-corrected chi connectivity index (χ4v) is 8.97. The van der Waals surface area contributed by atoms with Crippen molar-refractivity contribution in [3.05, 3.63) is 199 Å². The molecule has 52 heavy (non-hydrogen) atoms. The van der Waals surface area contributed by atoms with E-state index in [9.17, 15) is 0 Å². The molecule has 0 radical (unpaired) electrons. The Labute approximate surface area is 301 Å². The van der Waals surface area contributed by atoms with Crippen LogP contribution in [0.2, 0.25) is 0 Å². The molecule has 0 spiro atoms. The topological polar surface area (TPSA) is 24.1 Å². The van der Waals surface area contributed by atoms with Gasteiger partial charge in [-0.1, -0.05) is 164 Å². The van der Waals surface area contributed by atoms with E-state index in [1.54, 1.807) is 0 Å². The lowest BCUT2D eigenvalue weighted by Crippen LogP contribution is -2.39. The highest BCUT2D eigenvalue weighted by molar-refractivity contribution is 6.32. The summed E-state index contributed by atoms with van der Waals surface area (Å²) in [5.41, 5.74) is 4.86. The largest absolute Gasteiger partial charge is 0.366 e. The van der Waals surface area contributed by atoms with Gasteiger partial charge in [0.1, 0.15) is 6.17 Å². The van der Waals surface area contributed by atoms with E-state index in [1.807, 2.05) is 0 Å². The standard InChI is InChI=1S/C50H34N2/c1-2-15-32(16-3-1)46-30-47(52-50(51-46)49-35-19-7-5-17-33(35)28-43-34-18-6-4-14-31(34)26-27-42(43)49)44-29-45-38-22-9-8-20-36(38)37-21-10-12-24-40(37)48(45)41-25-13-11-23-39(41)44/h1-30,46,50-52H. The molecule has 0 saturated carbocycles. The maximum Gasteiger partial charge on any atom is 0.105 e. The molecule has 1 heterocycles. The first-order valence-corrected chi connectivity index (χ1v) is 18.2. The molecule has 10 aromatic rings. The van der Waals surface area contributed by atoms with Crippen LogP contribution in [-0.2, 0) is 0 Å². The maximum atomic E-state index is 4.11. The third-order valence-corrected chi connectivity index (χ3v) is 11.3. The van der Waals surface area contributed by atoms with Crippen LogP contribution < -0.4 is 10.6 Å². The van der Waals surface area contributed by atoms with Gasteiger partial charge in [0.15, 0.2) is 0 Å². The van der Waals surface area contributed by atoms with Crippen LogP contribution in [0.5, 0.6) is 0 Å². The predicted molar refractivity (Wildman–Crippen MR) is 222 cm³/mol. The van der Waals surface area contributed by atoms with Crippen molar-refractivity contribution in [3.8, 4) is 0 Å². The van der Waals surface area contributed by atoms with Gasteiger partial charge in [0, 0.05) is 16.8 Å². The minimum atomic E-state index is -0.164. The van der Waals surface area contributed by atoms with Crippen LogP contribution in [0.15, 0.2) is 182 Å². The van der Waals surface area contributed by atoms with E-state index >= 15 is 0 Å². The molecule has 1 aliphatic heterocycles. The molecule has 1 aliphatic rings. The predicted octanol–water partition coefficient (Wildman–Crippen LogP) is 12.7. The molecular weight excluding hydrogens is 629 g/mol. The van der Waals surface area contributed by atoms with Gasteiger partial charge in [-0.2, -0.15) is 0 Å². The zero-order valence-corrected chi connectivity index (χ0v) is 28.5. The zero-order valence-electron chi connectivity index (χ0n) is 28.5. The number of benzene rings is 10. The third kappa shape index (κ3) is 4.41. The first kappa shape index (κ1) is 29.3. The molecule has 2 nitrogen and oxygen atoms in total. The quantitative estimate of drug-likeness (QED) is 0.145. The molecule has 0 aliphatic carbocycles. The molecule has 0 saturated heterocycles. The van der Waals surface area contributed by atoms with Crippen LogP contribution in [-0.4, -0.2) is 0 Å². The number of fused-ring (bicyclic) bond motifs is 12. The normalized spacial score (nSPS) is 16.3. The van der Waals surface area contributed by atoms with E-state index in [0.717, 1.165) is 5.70 Å². The second kappa shape index (κ2) is 11.5. The summed E-state index contributed by atoms with van der Waals surface area (Å²) in [6, 6.07) is 64.6. The second-order valence-corrected chi connectivity index (χ2v) is 14.1. The molecule has 0 amide bonds. The molecule has 2 N–H and O–H groups in total. The van der Waals surface area contributed by atoms with Crippen LogP contribution >= 0.6 is 0 Å². The van der Waals surface area contributed by atoms with E-state index in [4.69, 9.17) is 0 Å². The van der Waals surface area contributed by atoms with E-state index in [-0.39, 0.29) is 12.2 Å². The number of hydrogen-bond acceptors (Lipinski definition) is 2. The van der Waals surface area contributed by atoms with Gasteiger partial charge in [-0.25, -0.2) is 0 Å². The molecule has 0 aromatic heterocycles. The number of rotatable bonds is 3.